The van der Waals surface area contributed by atoms with E-state index in [0.29, 0.717) is 18.1 Å². The summed E-state index contributed by atoms with van der Waals surface area (Å²) >= 11 is 0. The molecular formula is C16H22O4. The maximum atomic E-state index is 11.7. The first kappa shape index (κ1) is 16.2. The van der Waals surface area contributed by atoms with Gasteiger partial charge < -0.3 is 9.84 Å². The number of ether oxygens (including phenoxy) is 1. The van der Waals surface area contributed by atoms with E-state index in [1.54, 1.807) is 0 Å². The molecule has 110 valence electrons. The molecule has 0 aliphatic carbocycles. The molecule has 4 heteroatoms. The third kappa shape index (κ3) is 5.03. The molecule has 1 N–H and O–H groups in total. The summed E-state index contributed by atoms with van der Waals surface area (Å²) in [6, 6.07) is 5.77. The second kappa shape index (κ2) is 8.35. The Hall–Kier alpha value is -1.84. The largest absolute Gasteiger partial charge is 0.478 e. The van der Waals surface area contributed by atoms with E-state index in [4.69, 9.17) is 9.84 Å². The Balaban J connectivity index is 2.37. The molecule has 0 amide bonds. The molecule has 0 bridgehead atoms. The summed E-state index contributed by atoms with van der Waals surface area (Å²) in [6.07, 6.45) is 4.24. The minimum absolute atomic E-state index is 0.162. The van der Waals surface area contributed by atoms with Gasteiger partial charge in [0.1, 0.15) is 0 Å². The lowest BCUT2D eigenvalue weighted by atomic mass is 9.98. The lowest BCUT2D eigenvalue weighted by molar-refractivity contribution is 0.0492. The maximum absolute atomic E-state index is 11.7. The summed E-state index contributed by atoms with van der Waals surface area (Å²) < 4.78 is 5.18. The van der Waals surface area contributed by atoms with Gasteiger partial charge in [-0.05, 0) is 43.0 Å². The number of esters is 1. The van der Waals surface area contributed by atoms with Crippen LogP contribution >= 0.6 is 0 Å². The Morgan fingerprint density at radius 1 is 1.10 bits per heavy atom. The van der Waals surface area contributed by atoms with Gasteiger partial charge in [-0.1, -0.05) is 26.7 Å². The molecule has 1 aromatic carbocycles. The quantitative estimate of drug-likeness (QED) is 0.581. The predicted octanol–water partition coefficient (Wildman–Crippen LogP) is 3.76. The van der Waals surface area contributed by atoms with Crippen molar-refractivity contribution in [3.05, 3.63) is 35.4 Å². The SMILES string of the molecule is CCC(CC)CCCOC(=O)c1ccc(C(=O)O)cc1. The molecule has 0 saturated carbocycles. The van der Waals surface area contributed by atoms with Gasteiger partial charge in [-0.3, -0.25) is 0 Å². The van der Waals surface area contributed by atoms with Crippen molar-refractivity contribution in [2.24, 2.45) is 5.92 Å². The number of carbonyl (C=O) groups is 2. The van der Waals surface area contributed by atoms with Crippen LogP contribution in [0.5, 0.6) is 0 Å². The van der Waals surface area contributed by atoms with Gasteiger partial charge in [0.15, 0.2) is 0 Å². The number of benzene rings is 1. The highest BCUT2D eigenvalue weighted by Gasteiger charge is 2.09. The first-order chi connectivity index (χ1) is 9.58. The van der Waals surface area contributed by atoms with E-state index in [0.717, 1.165) is 25.7 Å². The van der Waals surface area contributed by atoms with Gasteiger partial charge in [0.05, 0.1) is 17.7 Å². The van der Waals surface area contributed by atoms with Gasteiger partial charge in [0.25, 0.3) is 0 Å². The van der Waals surface area contributed by atoms with E-state index in [-0.39, 0.29) is 5.56 Å². The van der Waals surface area contributed by atoms with Crippen LogP contribution in [0.1, 0.15) is 60.2 Å². The van der Waals surface area contributed by atoms with E-state index < -0.39 is 11.9 Å². The number of carboxylic acid groups (broad SMARTS) is 1. The van der Waals surface area contributed by atoms with Crippen molar-refractivity contribution in [2.75, 3.05) is 6.61 Å². The fourth-order valence-corrected chi connectivity index (χ4v) is 2.07. The monoisotopic (exact) mass is 278 g/mol. The smallest absolute Gasteiger partial charge is 0.338 e. The van der Waals surface area contributed by atoms with Crippen LogP contribution in [0.25, 0.3) is 0 Å². The molecule has 0 aliphatic heterocycles. The standard InChI is InChI=1S/C16H22O4/c1-3-12(4-2)6-5-11-20-16(19)14-9-7-13(8-10-14)15(17)18/h7-10,12H,3-6,11H2,1-2H3,(H,17,18). The molecule has 0 aliphatic rings. The minimum atomic E-state index is -1.00. The van der Waals surface area contributed by atoms with Crippen LogP contribution in [-0.4, -0.2) is 23.7 Å². The summed E-state index contributed by atoms with van der Waals surface area (Å²) in [5.41, 5.74) is 0.549. The molecule has 0 saturated heterocycles. The number of aromatic carboxylic acids is 1. The highest BCUT2D eigenvalue weighted by atomic mass is 16.5. The molecule has 1 rings (SSSR count). The lowest BCUT2D eigenvalue weighted by Gasteiger charge is -2.11. The zero-order chi connectivity index (χ0) is 15.0. The molecule has 0 spiro atoms. The molecule has 0 heterocycles. The number of hydrogen-bond donors (Lipinski definition) is 1. The van der Waals surface area contributed by atoms with Gasteiger partial charge in [0.2, 0.25) is 0 Å². The second-order valence-electron chi connectivity index (χ2n) is 4.84. The van der Waals surface area contributed by atoms with Crippen molar-refractivity contribution >= 4 is 11.9 Å². The maximum Gasteiger partial charge on any atom is 0.338 e. The lowest BCUT2D eigenvalue weighted by Crippen LogP contribution is -2.08. The second-order valence-corrected chi connectivity index (χ2v) is 4.84. The molecule has 0 unspecified atom stereocenters. The molecule has 0 atom stereocenters. The van der Waals surface area contributed by atoms with Gasteiger partial charge in [-0.25, -0.2) is 9.59 Å². The molecule has 0 radical (unpaired) electrons. The third-order valence-electron chi connectivity index (χ3n) is 3.51. The molecule has 20 heavy (non-hydrogen) atoms. The van der Waals surface area contributed by atoms with Crippen LogP contribution in [0.15, 0.2) is 24.3 Å². The van der Waals surface area contributed by atoms with Crippen molar-refractivity contribution < 1.29 is 19.4 Å². The summed E-state index contributed by atoms with van der Waals surface area (Å²) in [5.74, 6) is -0.704. The van der Waals surface area contributed by atoms with Crippen LogP contribution in [0.3, 0.4) is 0 Å². The van der Waals surface area contributed by atoms with E-state index in [2.05, 4.69) is 13.8 Å². The fourth-order valence-electron chi connectivity index (χ4n) is 2.07. The average molecular weight is 278 g/mol. The van der Waals surface area contributed by atoms with E-state index in [1.165, 1.54) is 24.3 Å². The molecule has 0 fully saturated rings. The van der Waals surface area contributed by atoms with Crippen molar-refractivity contribution in [1.29, 1.82) is 0 Å². The Morgan fingerprint density at radius 2 is 1.65 bits per heavy atom. The number of carboxylic acids is 1. The summed E-state index contributed by atoms with van der Waals surface area (Å²) in [6.45, 7) is 4.75. The van der Waals surface area contributed by atoms with Crippen molar-refractivity contribution in [3.8, 4) is 0 Å². The van der Waals surface area contributed by atoms with Crippen LogP contribution in [0.2, 0.25) is 0 Å². The molecule has 0 aromatic heterocycles. The molecule has 4 nitrogen and oxygen atoms in total. The Kier molecular flexibility index (Phi) is 6.77. The Morgan fingerprint density at radius 3 is 2.15 bits per heavy atom. The van der Waals surface area contributed by atoms with Crippen LogP contribution in [0.4, 0.5) is 0 Å². The van der Waals surface area contributed by atoms with Crippen molar-refractivity contribution in [3.63, 3.8) is 0 Å². The molecular weight excluding hydrogens is 256 g/mol. The summed E-state index contributed by atoms with van der Waals surface area (Å²) in [5, 5.41) is 8.77. The van der Waals surface area contributed by atoms with Gasteiger partial charge >= 0.3 is 11.9 Å². The van der Waals surface area contributed by atoms with Crippen LogP contribution in [0, 0.1) is 5.92 Å². The van der Waals surface area contributed by atoms with Crippen LogP contribution < -0.4 is 0 Å². The first-order valence-corrected chi connectivity index (χ1v) is 7.08. The van der Waals surface area contributed by atoms with Gasteiger partial charge in [0, 0.05) is 0 Å². The molecule has 1 aromatic rings. The van der Waals surface area contributed by atoms with Crippen molar-refractivity contribution in [2.45, 2.75) is 39.5 Å². The third-order valence-corrected chi connectivity index (χ3v) is 3.51. The number of hydrogen-bond acceptors (Lipinski definition) is 3. The Bertz CT molecular complexity index is 432. The van der Waals surface area contributed by atoms with Crippen molar-refractivity contribution in [1.82, 2.24) is 0 Å². The summed E-state index contributed by atoms with van der Waals surface area (Å²) in [7, 11) is 0. The fraction of sp³-hybridized carbons (Fsp3) is 0.500. The topological polar surface area (TPSA) is 63.6 Å². The number of carbonyl (C=O) groups excluding carboxylic acids is 1. The Labute approximate surface area is 119 Å². The van der Waals surface area contributed by atoms with E-state index >= 15 is 0 Å². The highest BCUT2D eigenvalue weighted by Crippen LogP contribution is 2.14. The normalized spacial score (nSPS) is 10.6. The number of rotatable bonds is 8. The van der Waals surface area contributed by atoms with E-state index in [9.17, 15) is 9.59 Å². The van der Waals surface area contributed by atoms with Crippen LogP contribution in [-0.2, 0) is 4.74 Å². The predicted molar refractivity (Wildman–Crippen MR) is 77.0 cm³/mol. The minimum Gasteiger partial charge on any atom is -0.478 e. The summed E-state index contributed by atoms with van der Waals surface area (Å²) in [4.78, 5) is 22.4. The van der Waals surface area contributed by atoms with Gasteiger partial charge in [-0.2, -0.15) is 0 Å². The zero-order valence-electron chi connectivity index (χ0n) is 12.1. The highest BCUT2D eigenvalue weighted by molar-refractivity contribution is 5.92. The average Bonchev–Trinajstić information content (AvgIpc) is 2.47. The first-order valence-electron chi connectivity index (χ1n) is 7.08. The zero-order valence-corrected chi connectivity index (χ0v) is 12.1. The van der Waals surface area contributed by atoms with E-state index in [1.807, 2.05) is 0 Å². The van der Waals surface area contributed by atoms with Gasteiger partial charge in [-0.15, -0.1) is 0 Å².